The van der Waals surface area contributed by atoms with Gasteiger partial charge in [-0.15, -0.1) is 0 Å². The molecule has 0 aliphatic rings. The normalized spacial score (nSPS) is 12.6. The van der Waals surface area contributed by atoms with Crippen molar-refractivity contribution in [1.29, 1.82) is 0 Å². The van der Waals surface area contributed by atoms with Crippen LogP contribution in [0, 0.1) is 11.3 Å². The zero-order valence-electron chi connectivity index (χ0n) is 14.5. The van der Waals surface area contributed by atoms with Crippen LogP contribution in [-0.4, -0.2) is 12.6 Å². The minimum Gasteiger partial charge on any atom is -0.313 e. The van der Waals surface area contributed by atoms with Crippen LogP contribution in [0.25, 0.3) is 0 Å². The van der Waals surface area contributed by atoms with Crippen LogP contribution >= 0.6 is 0 Å². The molecule has 0 rings (SSSR count). The third kappa shape index (κ3) is 9.49. The molecule has 0 heterocycles. The molecule has 0 aromatic heterocycles. The van der Waals surface area contributed by atoms with Gasteiger partial charge in [0.15, 0.2) is 0 Å². The highest BCUT2D eigenvalue weighted by Crippen LogP contribution is 2.25. The second-order valence-electron chi connectivity index (χ2n) is 7.21. The van der Waals surface area contributed by atoms with E-state index in [1.807, 2.05) is 0 Å². The summed E-state index contributed by atoms with van der Waals surface area (Å²) in [6, 6.07) is 0.746. The standard InChI is InChI=1S/C18H39N/c1-7-9-11-13-17(14-12-10-8-2)19-15-18(5,6)16(3)4/h16-17,19H,7-15H2,1-6H3. The SMILES string of the molecule is CCCCCC(CCCCC)NCC(C)(C)C(C)C. The molecule has 116 valence electrons. The van der Waals surface area contributed by atoms with Gasteiger partial charge in [-0.05, 0) is 24.2 Å². The van der Waals surface area contributed by atoms with Gasteiger partial charge in [0.05, 0.1) is 0 Å². The zero-order valence-corrected chi connectivity index (χ0v) is 14.5. The van der Waals surface area contributed by atoms with Gasteiger partial charge in [-0.1, -0.05) is 80.1 Å². The minimum absolute atomic E-state index is 0.410. The highest BCUT2D eigenvalue weighted by atomic mass is 14.9. The maximum atomic E-state index is 3.86. The maximum absolute atomic E-state index is 3.86. The molecule has 0 atom stereocenters. The van der Waals surface area contributed by atoms with Gasteiger partial charge in [-0.2, -0.15) is 0 Å². The van der Waals surface area contributed by atoms with Crippen LogP contribution in [0.4, 0.5) is 0 Å². The molecule has 0 aliphatic carbocycles. The Bertz CT molecular complexity index is 186. The van der Waals surface area contributed by atoms with Crippen molar-refractivity contribution in [1.82, 2.24) is 5.32 Å². The Balaban J connectivity index is 4.08. The van der Waals surface area contributed by atoms with Crippen molar-refractivity contribution in [3.63, 3.8) is 0 Å². The molecule has 1 nitrogen and oxygen atoms in total. The predicted molar refractivity (Wildman–Crippen MR) is 88.7 cm³/mol. The van der Waals surface area contributed by atoms with E-state index in [4.69, 9.17) is 0 Å². The summed E-state index contributed by atoms with van der Waals surface area (Å²) in [5, 5.41) is 3.86. The van der Waals surface area contributed by atoms with Crippen molar-refractivity contribution in [2.75, 3.05) is 6.54 Å². The van der Waals surface area contributed by atoms with E-state index in [1.165, 1.54) is 51.4 Å². The molecular weight excluding hydrogens is 230 g/mol. The summed E-state index contributed by atoms with van der Waals surface area (Å²) in [6.45, 7) is 15.2. The fraction of sp³-hybridized carbons (Fsp3) is 1.00. The monoisotopic (exact) mass is 269 g/mol. The lowest BCUT2D eigenvalue weighted by molar-refractivity contribution is 0.222. The predicted octanol–water partition coefficient (Wildman–Crippen LogP) is 5.79. The van der Waals surface area contributed by atoms with Crippen LogP contribution < -0.4 is 5.32 Å². The number of unbranched alkanes of at least 4 members (excludes halogenated alkanes) is 4. The molecule has 0 radical (unpaired) electrons. The molecule has 19 heavy (non-hydrogen) atoms. The molecule has 0 unspecified atom stereocenters. The first-order chi connectivity index (χ1) is 8.94. The Kier molecular flexibility index (Phi) is 10.7. The minimum atomic E-state index is 0.410. The number of rotatable bonds is 12. The first kappa shape index (κ1) is 19.0. The topological polar surface area (TPSA) is 12.0 Å². The molecule has 0 aromatic carbocycles. The highest BCUT2D eigenvalue weighted by Gasteiger charge is 2.23. The van der Waals surface area contributed by atoms with Crippen LogP contribution in [0.2, 0.25) is 0 Å². The summed E-state index contributed by atoms with van der Waals surface area (Å²) >= 11 is 0. The van der Waals surface area contributed by atoms with E-state index >= 15 is 0 Å². The molecule has 0 aliphatic heterocycles. The third-order valence-corrected chi connectivity index (χ3v) is 4.72. The van der Waals surface area contributed by atoms with E-state index < -0.39 is 0 Å². The Morgan fingerprint density at radius 1 is 0.842 bits per heavy atom. The number of hydrogen-bond donors (Lipinski definition) is 1. The zero-order chi connectivity index (χ0) is 14.7. The van der Waals surface area contributed by atoms with Crippen molar-refractivity contribution >= 4 is 0 Å². The number of hydrogen-bond acceptors (Lipinski definition) is 1. The lowest BCUT2D eigenvalue weighted by Crippen LogP contribution is -2.39. The van der Waals surface area contributed by atoms with E-state index in [9.17, 15) is 0 Å². The van der Waals surface area contributed by atoms with Crippen molar-refractivity contribution in [3.05, 3.63) is 0 Å². The van der Waals surface area contributed by atoms with Gasteiger partial charge in [-0.3, -0.25) is 0 Å². The molecular formula is C18H39N. The third-order valence-electron chi connectivity index (χ3n) is 4.72. The second-order valence-corrected chi connectivity index (χ2v) is 7.21. The molecule has 0 saturated heterocycles. The molecule has 1 heteroatoms. The Hall–Kier alpha value is -0.0400. The van der Waals surface area contributed by atoms with E-state index in [2.05, 4.69) is 46.9 Å². The van der Waals surface area contributed by atoms with Gasteiger partial charge in [0.25, 0.3) is 0 Å². The van der Waals surface area contributed by atoms with E-state index in [0.29, 0.717) is 5.41 Å². The van der Waals surface area contributed by atoms with Crippen molar-refractivity contribution < 1.29 is 0 Å². The van der Waals surface area contributed by atoms with Crippen LogP contribution in [0.5, 0.6) is 0 Å². The first-order valence-corrected chi connectivity index (χ1v) is 8.67. The highest BCUT2D eigenvalue weighted by molar-refractivity contribution is 4.78. The summed E-state index contributed by atoms with van der Waals surface area (Å²) in [5.74, 6) is 0.743. The van der Waals surface area contributed by atoms with Gasteiger partial charge in [-0.25, -0.2) is 0 Å². The summed E-state index contributed by atoms with van der Waals surface area (Å²) < 4.78 is 0. The van der Waals surface area contributed by atoms with Gasteiger partial charge < -0.3 is 5.32 Å². The average molecular weight is 270 g/mol. The average Bonchev–Trinajstić information content (AvgIpc) is 2.35. The van der Waals surface area contributed by atoms with E-state index in [-0.39, 0.29) is 0 Å². The fourth-order valence-corrected chi connectivity index (χ4v) is 2.24. The summed E-state index contributed by atoms with van der Waals surface area (Å²) in [5.41, 5.74) is 0.410. The van der Waals surface area contributed by atoms with Crippen LogP contribution in [-0.2, 0) is 0 Å². The smallest absolute Gasteiger partial charge is 0.00672 e. The van der Waals surface area contributed by atoms with Gasteiger partial charge in [0, 0.05) is 12.6 Å². The van der Waals surface area contributed by atoms with Crippen LogP contribution in [0.15, 0.2) is 0 Å². The van der Waals surface area contributed by atoms with Gasteiger partial charge in [0.2, 0.25) is 0 Å². The van der Waals surface area contributed by atoms with Crippen LogP contribution in [0.1, 0.15) is 92.9 Å². The molecule has 0 aromatic rings. The van der Waals surface area contributed by atoms with Gasteiger partial charge in [0.1, 0.15) is 0 Å². The lowest BCUT2D eigenvalue weighted by Gasteiger charge is -2.32. The summed E-state index contributed by atoms with van der Waals surface area (Å²) in [6.07, 6.45) is 11.0. The molecule has 0 saturated carbocycles. The molecule has 1 N–H and O–H groups in total. The molecule has 0 fully saturated rings. The van der Waals surface area contributed by atoms with Gasteiger partial charge >= 0.3 is 0 Å². The van der Waals surface area contributed by atoms with Crippen molar-refractivity contribution in [3.8, 4) is 0 Å². The molecule has 0 bridgehead atoms. The Labute approximate surface area is 122 Å². The molecule has 0 amide bonds. The summed E-state index contributed by atoms with van der Waals surface area (Å²) in [7, 11) is 0. The maximum Gasteiger partial charge on any atom is 0.00672 e. The van der Waals surface area contributed by atoms with E-state index in [0.717, 1.165) is 18.5 Å². The largest absolute Gasteiger partial charge is 0.313 e. The number of nitrogens with one attached hydrogen (secondary N) is 1. The summed E-state index contributed by atoms with van der Waals surface area (Å²) in [4.78, 5) is 0. The Morgan fingerprint density at radius 3 is 1.68 bits per heavy atom. The van der Waals surface area contributed by atoms with Crippen molar-refractivity contribution in [2.24, 2.45) is 11.3 Å². The van der Waals surface area contributed by atoms with E-state index in [1.54, 1.807) is 0 Å². The Morgan fingerprint density at radius 2 is 1.32 bits per heavy atom. The quantitative estimate of drug-likeness (QED) is 0.442. The van der Waals surface area contributed by atoms with Crippen LogP contribution in [0.3, 0.4) is 0 Å². The van der Waals surface area contributed by atoms with Crippen molar-refractivity contribution in [2.45, 2.75) is 99.0 Å². The molecule has 0 spiro atoms. The lowest BCUT2D eigenvalue weighted by atomic mass is 9.81. The second kappa shape index (κ2) is 10.7. The first-order valence-electron chi connectivity index (χ1n) is 8.67. The fourth-order valence-electron chi connectivity index (χ4n) is 2.24.